The molecule has 0 aliphatic rings. The van der Waals surface area contributed by atoms with Crippen LogP contribution in [-0.4, -0.2) is 36.1 Å². The molecule has 5 heteroatoms. The van der Waals surface area contributed by atoms with Crippen molar-refractivity contribution in [2.45, 2.75) is 38.9 Å². The van der Waals surface area contributed by atoms with E-state index in [1.54, 1.807) is 13.0 Å². The number of hydrogen-bond acceptors (Lipinski definition) is 4. The lowest BCUT2D eigenvalue weighted by molar-refractivity contribution is 0.0106. The summed E-state index contributed by atoms with van der Waals surface area (Å²) in [6.07, 6.45) is 0.468. The second kappa shape index (κ2) is 8.89. The maximum atomic E-state index is 13.7. The van der Waals surface area contributed by atoms with Crippen LogP contribution in [0.25, 0.3) is 0 Å². The molecule has 1 aromatic rings. The largest absolute Gasteiger partial charge is 0.488 e. The van der Waals surface area contributed by atoms with Crippen LogP contribution in [0.2, 0.25) is 0 Å². The van der Waals surface area contributed by atoms with Gasteiger partial charge in [-0.05, 0) is 31.0 Å². The molecule has 0 saturated carbocycles. The normalized spacial score (nSPS) is 14.1. The summed E-state index contributed by atoms with van der Waals surface area (Å²) in [5.41, 5.74) is 0.485. The van der Waals surface area contributed by atoms with Crippen LogP contribution < -0.4 is 4.74 Å². The van der Waals surface area contributed by atoms with E-state index < -0.39 is 18.0 Å². The van der Waals surface area contributed by atoms with Crippen LogP contribution in [0, 0.1) is 5.82 Å². The number of unbranched alkanes of at least 4 members (excludes halogenated alkanes) is 1. The molecule has 0 aliphatic heterocycles. The lowest BCUT2D eigenvalue weighted by atomic mass is 10.1. The summed E-state index contributed by atoms with van der Waals surface area (Å²) in [4.78, 5) is 0. The zero-order chi connectivity index (χ0) is 15.0. The number of halogens is 1. The molecule has 0 bridgehead atoms. The third kappa shape index (κ3) is 5.86. The summed E-state index contributed by atoms with van der Waals surface area (Å²) >= 11 is 0. The Morgan fingerprint density at radius 1 is 1.25 bits per heavy atom. The van der Waals surface area contributed by atoms with Crippen molar-refractivity contribution >= 4 is 0 Å². The highest BCUT2D eigenvalue weighted by atomic mass is 19.1. The molecule has 1 aromatic carbocycles. The highest BCUT2D eigenvalue weighted by Crippen LogP contribution is 2.22. The number of aliphatic hydroxyl groups is 2. The Morgan fingerprint density at radius 2 is 2.00 bits per heavy atom. The number of rotatable bonds is 9. The van der Waals surface area contributed by atoms with Gasteiger partial charge in [-0.15, -0.1) is 0 Å². The van der Waals surface area contributed by atoms with Crippen LogP contribution in [0.15, 0.2) is 18.2 Å². The van der Waals surface area contributed by atoms with Crippen LogP contribution in [0.1, 0.15) is 38.4 Å². The molecule has 114 valence electrons. The molecule has 2 atom stereocenters. The average Bonchev–Trinajstić information content (AvgIpc) is 2.42. The lowest BCUT2D eigenvalue weighted by Gasteiger charge is -2.14. The summed E-state index contributed by atoms with van der Waals surface area (Å²) in [5.74, 6) is -0.496. The summed E-state index contributed by atoms with van der Waals surface area (Å²) in [6, 6.07) is 4.26. The molecule has 0 saturated heterocycles. The van der Waals surface area contributed by atoms with Gasteiger partial charge < -0.3 is 19.7 Å². The van der Waals surface area contributed by atoms with Gasteiger partial charge in [-0.25, -0.2) is 4.39 Å². The van der Waals surface area contributed by atoms with Gasteiger partial charge in [0.1, 0.15) is 12.7 Å². The monoisotopic (exact) mass is 286 g/mol. The molecule has 0 heterocycles. The Hall–Kier alpha value is -1.17. The predicted octanol–water partition coefficient (Wildman–Crippen LogP) is 2.44. The molecule has 1 rings (SSSR count). The average molecular weight is 286 g/mol. The van der Waals surface area contributed by atoms with Crippen LogP contribution in [0.4, 0.5) is 4.39 Å². The van der Waals surface area contributed by atoms with Gasteiger partial charge in [0, 0.05) is 6.61 Å². The van der Waals surface area contributed by atoms with Crippen molar-refractivity contribution in [2.24, 2.45) is 0 Å². The van der Waals surface area contributed by atoms with E-state index >= 15 is 0 Å². The zero-order valence-electron chi connectivity index (χ0n) is 12.0. The zero-order valence-corrected chi connectivity index (χ0v) is 12.0. The first-order valence-corrected chi connectivity index (χ1v) is 6.90. The molecule has 1 unspecified atom stereocenters. The van der Waals surface area contributed by atoms with Crippen LogP contribution in [0.5, 0.6) is 5.75 Å². The molecule has 0 fully saturated rings. The maximum Gasteiger partial charge on any atom is 0.165 e. The van der Waals surface area contributed by atoms with Gasteiger partial charge in [0.25, 0.3) is 0 Å². The van der Waals surface area contributed by atoms with E-state index in [0.29, 0.717) is 12.2 Å². The number of aliphatic hydroxyl groups excluding tert-OH is 2. The minimum Gasteiger partial charge on any atom is -0.488 e. The highest BCUT2D eigenvalue weighted by molar-refractivity contribution is 5.30. The molecule has 20 heavy (non-hydrogen) atoms. The fourth-order valence-electron chi connectivity index (χ4n) is 1.59. The Morgan fingerprint density at radius 3 is 2.60 bits per heavy atom. The number of ether oxygens (including phenoxy) is 2. The quantitative estimate of drug-likeness (QED) is 0.685. The lowest BCUT2D eigenvalue weighted by Crippen LogP contribution is -2.24. The molecular weight excluding hydrogens is 263 g/mol. The molecule has 0 aromatic heterocycles. The smallest absolute Gasteiger partial charge is 0.165 e. The molecular formula is C15H23FO4. The van der Waals surface area contributed by atoms with Crippen molar-refractivity contribution < 1.29 is 24.1 Å². The SMILES string of the molecule is CCCCOCC(O)COc1ccc([C@H](C)O)cc1F. The van der Waals surface area contributed by atoms with Gasteiger partial charge in [0.2, 0.25) is 0 Å². The molecule has 4 nitrogen and oxygen atoms in total. The summed E-state index contributed by atoms with van der Waals surface area (Å²) in [5, 5.41) is 19.0. The predicted molar refractivity (Wildman–Crippen MR) is 74.3 cm³/mol. The van der Waals surface area contributed by atoms with Gasteiger partial charge in [0.05, 0.1) is 12.7 Å². The van der Waals surface area contributed by atoms with E-state index in [2.05, 4.69) is 6.92 Å². The molecule has 0 amide bonds. The van der Waals surface area contributed by atoms with Gasteiger partial charge in [0.15, 0.2) is 11.6 Å². The van der Waals surface area contributed by atoms with Crippen LogP contribution in [-0.2, 0) is 4.74 Å². The van der Waals surface area contributed by atoms with Crippen molar-refractivity contribution in [3.8, 4) is 5.75 Å². The third-order valence-electron chi connectivity index (χ3n) is 2.82. The van der Waals surface area contributed by atoms with Crippen LogP contribution in [0.3, 0.4) is 0 Å². The Bertz CT molecular complexity index is 395. The minimum atomic E-state index is -0.789. The number of benzene rings is 1. The first kappa shape index (κ1) is 16.9. The maximum absolute atomic E-state index is 13.7. The molecule has 0 aliphatic carbocycles. The van der Waals surface area contributed by atoms with Crippen LogP contribution >= 0.6 is 0 Å². The summed E-state index contributed by atoms with van der Waals surface area (Å²) < 4.78 is 24.1. The topological polar surface area (TPSA) is 58.9 Å². The minimum absolute atomic E-state index is 0.0307. The first-order chi connectivity index (χ1) is 9.54. The fourth-order valence-corrected chi connectivity index (χ4v) is 1.59. The van der Waals surface area contributed by atoms with Crippen molar-refractivity contribution in [2.75, 3.05) is 19.8 Å². The van der Waals surface area contributed by atoms with E-state index in [-0.39, 0.29) is 19.0 Å². The van der Waals surface area contributed by atoms with Gasteiger partial charge >= 0.3 is 0 Å². The van der Waals surface area contributed by atoms with E-state index in [9.17, 15) is 14.6 Å². The van der Waals surface area contributed by atoms with E-state index in [0.717, 1.165) is 12.8 Å². The van der Waals surface area contributed by atoms with Crippen molar-refractivity contribution in [1.29, 1.82) is 0 Å². The summed E-state index contributed by atoms with van der Waals surface area (Å²) in [7, 11) is 0. The van der Waals surface area contributed by atoms with E-state index in [4.69, 9.17) is 9.47 Å². The molecule has 0 radical (unpaired) electrons. The Labute approximate surface area is 119 Å². The summed E-state index contributed by atoms with van der Waals surface area (Å²) in [6.45, 7) is 4.37. The van der Waals surface area contributed by atoms with Gasteiger partial charge in [-0.1, -0.05) is 19.4 Å². The highest BCUT2D eigenvalue weighted by Gasteiger charge is 2.10. The van der Waals surface area contributed by atoms with Crippen molar-refractivity contribution in [1.82, 2.24) is 0 Å². The standard InChI is InChI=1S/C15H23FO4/c1-3-4-7-19-9-13(18)10-20-15-6-5-12(11(2)17)8-14(15)16/h5-6,8,11,13,17-18H,3-4,7,9-10H2,1-2H3/t11-,13?/m0/s1. The molecule has 0 spiro atoms. The van der Waals surface area contributed by atoms with E-state index in [1.807, 2.05) is 0 Å². The second-order valence-corrected chi connectivity index (χ2v) is 4.76. The Balaban J connectivity index is 2.37. The number of hydrogen-bond donors (Lipinski definition) is 2. The Kier molecular flexibility index (Phi) is 7.51. The third-order valence-corrected chi connectivity index (χ3v) is 2.82. The molecule has 2 N–H and O–H groups in total. The van der Waals surface area contributed by atoms with Crippen molar-refractivity contribution in [3.63, 3.8) is 0 Å². The van der Waals surface area contributed by atoms with Crippen molar-refractivity contribution in [3.05, 3.63) is 29.6 Å². The second-order valence-electron chi connectivity index (χ2n) is 4.76. The van der Waals surface area contributed by atoms with Gasteiger partial charge in [-0.3, -0.25) is 0 Å². The van der Waals surface area contributed by atoms with E-state index in [1.165, 1.54) is 12.1 Å². The fraction of sp³-hybridized carbons (Fsp3) is 0.600. The first-order valence-electron chi connectivity index (χ1n) is 6.90. The van der Waals surface area contributed by atoms with Gasteiger partial charge in [-0.2, -0.15) is 0 Å².